The smallest absolute Gasteiger partial charge is 0.254 e. The molecule has 0 aromatic rings. The maximum absolute atomic E-state index is 10.7. The first-order valence-corrected chi connectivity index (χ1v) is 2.83. The largest absolute Gasteiger partial charge is 0.326 e. The van der Waals surface area contributed by atoms with E-state index < -0.39 is 6.04 Å². The average molecular weight is 137 g/mol. The van der Waals surface area contributed by atoms with Gasteiger partial charge in [-0.2, -0.15) is 5.26 Å². The van der Waals surface area contributed by atoms with E-state index in [9.17, 15) is 4.79 Å². The van der Waals surface area contributed by atoms with Gasteiger partial charge in [0.25, 0.3) is 5.91 Å². The van der Waals surface area contributed by atoms with E-state index in [2.05, 4.69) is 12.7 Å². The molecular formula is C7H9N2O. The fraction of sp³-hybridized carbons (Fsp3) is 0.429. The molecular weight excluding hydrogens is 128 g/mol. The monoisotopic (exact) mass is 137 g/mol. The van der Waals surface area contributed by atoms with Gasteiger partial charge in [-0.05, 0) is 6.92 Å². The Morgan fingerprint density at radius 1 is 1.80 bits per heavy atom. The molecule has 0 bridgehead atoms. The molecule has 0 saturated carbocycles. The first kappa shape index (κ1) is 8.70. The Bertz CT molecular complexity index is 181. The van der Waals surface area contributed by atoms with E-state index in [0.717, 1.165) is 0 Å². The van der Waals surface area contributed by atoms with Crippen molar-refractivity contribution in [1.29, 1.82) is 5.26 Å². The van der Waals surface area contributed by atoms with Gasteiger partial charge < -0.3 is 4.90 Å². The molecule has 3 heteroatoms. The van der Waals surface area contributed by atoms with E-state index in [1.165, 1.54) is 11.9 Å². The highest BCUT2D eigenvalue weighted by Crippen LogP contribution is 1.93. The van der Waals surface area contributed by atoms with Crippen molar-refractivity contribution in [1.82, 2.24) is 4.90 Å². The molecule has 0 heterocycles. The van der Waals surface area contributed by atoms with Crippen molar-refractivity contribution in [2.45, 2.75) is 13.0 Å². The molecule has 0 rings (SSSR count). The van der Waals surface area contributed by atoms with Gasteiger partial charge in [-0.15, -0.1) is 0 Å². The third kappa shape index (κ3) is 1.90. The van der Waals surface area contributed by atoms with Gasteiger partial charge in [0, 0.05) is 13.1 Å². The van der Waals surface area contributed by atoms with Crippen molar-refractivity contribution in [3.8, 4) is 6.07 Å². The van der Waals surface area contributed by atoms with Crippen molar-refractivity contribution < 1.29 is 4.79 Å². The molecule has 0 aromatic heterocycles. The first-order valence-electron chi connectivity index (χ1n) is 2.83. The van der Waals surface area contributed by atoms with Crippen molar-refractivity contribution in [3.63, 3.8) is 0 Å². The molecule has 0 spiro atoms. The summed E-state index contributed by atoms with van der Waals surface area (Å²) >= 11 is 0. The minimum absolute atomic E-state index is 0.353. The van der Waals surface area contributed by atoms with E-state index in [-0.39, 0.29) is 5.91 Å². The lowest BCUT2D eigenvalue weighted by molar-refractivity contribution is -0.126. The van der Waals surface area contributed by atoms with Crippen LogP contribution in [0.3, 0.4) is 0 Å². The summed E-state index contributed by atoms with van der Waals surface area (Å²) < 4.78 is 0. The molecule has 1 radical (unpaired) electrons. The number of nitriles is 1. The van der Waals surface area contributed by atoms with Crippen molar-refractivity contribution in [3.05, 3.63) is 12.7 Å². The second kappa shape index (κ2) is 3.67. The van der Waals surface area contributed by atoms with Gasteiger partial charge in [-0.3, -0.25) is 4.79 Å². The Hall–Kier alpha value is -1.30. The van der Waals surface area contributed by atoms with Gasteiger partial charge in [0.1, 0.15) is 6.04 Å². The molecule has 0 aliphatic rings. The summed E-state index contributed by atoms with van der Waals surface area (Å²) in [5, 5.41) is 8.36. The number of rotatable bonds is 2. The van der Waals surface area contributed by atoms with Gasteiger partial charge >= 0.3 is 0 Å². The summed E-state index contributed by atoms with van der Waals surface area (Å²) in [5.41, 5.74) is 0. The third-order valence-electron chi connectivity index (χ3n) is 1.24. The van der Waals surface area contributed by atoms with Gasteiger partial charge in [0.05, 0.1) is 6.07 Å². The lowest BCUT2D eigenvalue weighted by Crippen LogP contribution is -2.32. The van der Waals surface area contributed by atoms with Crippen LogP contribution in [-0.4, -0.2) is 23.9 Å². The van der Waals surface area contributed by atoms with E-state index >= 15 is 0 Å². The maximum Gasteiger partial charge on any atom is 0.254 e. The Kier molecular flexibility index (Phi) is 3.20. The molecule has 3 nitrogen and oxygen atoms in total. The van der Waals surface area contributed by atoms with Gasteiger partial charge in [-0.25, -0.2) is 0 Å². The van der Waals surface area contributed by atoms with Crippen LogP contribution in [0.5, 0.6) is 0 Å². The Morgan fingerprint density at radius 2 is 2.30 bits per heavy atom. The number of nitrogens with zero attached hydrogens (tertiary/aromatic N) is 2. The zero-order valence-electron chi connectivity index (χ0n) is 6.09. The summed E-state index contributed by atoms with van der Waals surface area (Å²) in [4.78, 5) is 12.0. The van der Waals surface area contributed by atoms with Crippen LogP contribution in [0.2, 0.25) is 0 Å². The van der Waals surface area contributed by atoms with Crippen LogP contribution >= 0.6 is 0 Å². The Balaban J connectivity index is 4.09. The maximum atomic E-state index is 10.7. The topological polar surface area (TPSA) is 44.1 Å². The van der Waals surface area contributed by atoms with Crippen LogP contribution in [0.4, 0.5) is 0 Å². The van der Waals surface area contributed by atoms with E-state index in [1.54, 1.807) is 6.92 Å². The highest BCUT2D eigenvalue weighted by molar-refractivity contribution is 5.83. The standard InChI is InChI=1S/C7H9N2O/c1-4-7(10)9(3)6(2)5-8/h6H,1H2,2-3H3. The van der Waals surface area contributed by atoms with Crippen molar-refractivity contribution >= 4 is 5.91 Å². The van der Waals surface area contributed by atoms with E-state index in [4.69, 9.17) is 5.26 Å². The summed E-state index contributed by atoms with van der Waals surface area (Å²) in [7, 11) is 1.54. The summed E-state index contributed by atoms with van der Waals surface area (Å²) in [6.07, 6.45) is 2.17. The molecule has 10 heavy (non-hydrogen) atoms. The van der Waals surface area contributed by atoms with Crippen LogP contribution in [0.1, 0.15) is 6.92 Å². The first-order chi connectivity index (χ1) is 4.63. The predicted molar refractivity (Wildman–Crippen MR) is 36.7 cm³/mol. The summed E-state index contributed by atoms with van der Waals surface area (Å²) in [6.45, 7) is 4.81. The fourth-order valence-corrected chi connectivity index (χ4v) is 0.387. The fourth-order valence-electron chi connectivity index (χ4n) is 0.387. The molecule has 0 aliphatic heterocycles. The van der Waals surface area contributed by atoms with E-state index in [0.29, 0.717) is 0 Å². The lowest BCUT2D eigenvalue weighted by Gasteiger charge is -2.16. The molecule has 53 valence electrons. The number of carbonyl (C=O) groups is 1. The van der Waals surface area contributed by atoms with Crippen molar-refractivity contribution in [2.75, 3.05) is 7.05 Å². The van der Waals surface area contributed by atoms with Crippen molar-refractivity contribution in [2.24, 2.45) is 0 Å². The van der Waals surface area contributed by atoms with Crippen LogP contribution in [0, 0.1) is 17.4 Å². The van der Waals surface area contributed by atoms with Crippen LogP contribution in [0.15, 0.2) is 6.58 Å². The quantitative estimate of drug-likeness (QED) is 0.515. The lowest BCUT2D eigenvalue weighted by atomic mass is 10.3. The van der Waals surface area contributed by atoms with E-state index in [1.807, 2.05) is 6.07 Å². The molecule has 0 saturated heterocycles. The molecule has 0 fully saturated rings. The van der Waals surface area contributed by atoms with Gasteiger partial charge in [0.15, 0.2) is 0 Å². The van der Waals surface area contributed by atoms with Crippen LogP contribution in [-0.2, 0) is 4.79 Å². The second-order valence-electron chi connectivity index (χ2n) is 1.90. The van der Waals surface area contributed by atoms with Gasteiger partial charge in [-0.1, -0.05) is 6.58 Å². The molecule has 0 N–H and O–H groups in total. The zero-order valence-corrected chi connectivity index (χ0v) is 6.09. The summed E-state index contributed by atoms with van der Waals surface area (Å²) in [6, 6.07) is 1.50. The second-order valence-corrected chi connectivity index (χ2v) is 1.90. The average Bonchev–Trinajstić information content (AvgIpc) is 2.00. The predicted octanol–water partition coefficient (Wildman–Crippen LogP) is 0.346. The van der Waals surface area contributed by atoms with Crippen LogP contribution < -0.4 is 0 Å². The SMILES string of the molecule is C=[C]C(=O)N(C)C(C)C#N. The third-order valence-corrected chi connectivity index (χ3v) is 1.24. The Morgan fingerprint density at radius 3 is 2.60 bits per heavy atom. The molecule has 1 unspecified atom stereocenters. The van der Waals surface area contributed by atoms with Gasteiger partial charge in [0.2, 0.25) is 0 Å². The minimum atomic E-state index is -0.415. The highest BCUT2D eigenvalue weighted by atomic mass is 16.2. The normalized spacial score (nSPS) is 11.3. The number of hydrogen-bond acceptors (Lipinski definition) is 2. The number of amides is 1. The molecule has 0 aromatic carbocycles. The highest BCUT2D eigenvalue weighted by Gasteiger charge is 2.10. The number of hydrogen-bond donors (Lipinski definition) is 0. The molecule has 0 aliphatic carbocycles. The number of carbonyl (C=O) groups excluding carboxylic acids is 1. The minimum Gasteiger partial charge on any atom is -0.326 e. The summed E-state index contributed by atoms with van der Waals surface area (Å²) in [5.74, 6) is -0.353. The number of likely N-dealkylation sites (N-methyl/N-ethyl adjacent to an activating group) is 1. The molecule has 1 atom stereocenters. The molecule has 1 amide bonds. The zero-order chi connectivity index (χ0) is 8.15. The Labute approximate surface area is 60.6 Å². The van der Waals surface area contributed by atoms with Crippen LogP contribution in [0.25, 0.3) is 0 Å².